The molecule has 0 saturated heterocycles. The molecule has 0 aromatic heterocycles. The minimum absolute atomic E-state index is 0.0353. The lowest BCUT2D eigenvalue weighted by atomic mass is 10.1. The third-order valence-electron chi connectivity index (χ3n) is 5.89. The number of hydrogen-bond donors (Lipinski definition) is 1. The molecule has 2 amide bonds. The summed E-state index contributed by atoms with van der Waals surface area (Å²) in [6.45, 7) is 5.59. The monoisotopic (exact) mass is 503 g/mol. The van der Waals surface area contributed by atoms with Gasteiger partial charge in [0.25, 0.3) is 0 Å². The van der Waals surface area contributed by atoms with E-state index in [0.29, 0.717) is 24.3 Å². The van der Waals surface area contributed by atoms with Gasteiger partial charge in [-0.2, -0.15) is 0 Å². The van der Waals surface area contributed by atoms with E-state index in [2.05, 4.69) is 5.32 Å². The maximum absolute atomic E-state index is 13.6. The van der Waals surface area contributed by atoms with Crippen molar-refractivity contribution in [3.63, 3.8) is 0 Å². The summed E-state index contributed by atoms with van der Waals surface area (Å²) in [6, 6.07) is 15.5. The molecular weight excluding hydrogens is 466 g/mol. The van der Waals surface area contributed by atoms with Crippen molar-refractivity contribution >= 4 is 27.5 Å². The quantitative estimate of drug-likeness (QED) is 0.453. The Morgan fingerprint density at radius 3 is 2.29 bits per heavy atom. The number of amides is 2. The molecule has 192 valence electrons. The van der Waals surface area contributed by atoms with Gasteiger partial charge < -0.3 is 15.0 Å². The van der Waals surface area contributed by atoms with Crippen molar-refractivity contribution in [1.29, 1.82) is 0 Å². The van der Waals surface area contributed by atoms with Crippen molar-refractivity contribution in [2.24, 2.45) is 0 Å². The number of carbonyl (C=O) groups is 2. The van der Waals surface area contributed by atoms with Gasteiger partial charge >= 0.3 is 0 Å². The van der Waals surface area contributed by atoms with Crippen LogP contribution in [0.25, 0.3) is 0 Å². The summed E-state index contributed by atoms with van der Waals surface area (Å²) in [7, 11) is -2.30. The maximum atomic E-state index is 13.6. The molecule has 0 radical (unpaired) electrons. The molecule has 1 N–H and O–H groups in total. The van der Waals surface area contributed by atoms with Gasteiger partial charge in [0.05, 0.1) is 19.1 Å². The van der Waals surface area contributed by atoms with Gasteiger partial charge in [-0.05, 0) is 43.9 Å². The van der Waals surface area contributed by atoms with Gasteiger partial charge in [0.2, 0.25) is 21.8 Å². The highest BCUT2D eigenvalue weighted by Crippen LogP contribution is 2.23. The van der Waals surface area contributed by atoms with E-state index in [-0.39, 0.29) is 18.5 Å². The fraction of sp³-hybridized carbons (Fsp3) is 0.462. The highest BCUT2D eigenvalue weighted by atomic mass is 32.2. The number of ether oxygens (including phenoxy) is 1. The van der Waals surface area contributed by atoms with Crippen molar-refractivity contribution in [3.8, 4) is 5.75 Å². The van der Waals surface area contributed by atoms with Gasteiger partial charge in [0.1, 0.15) is 18.3 Å². The van der Waals surface area contributed by atoms with Crippen molar-refractivity contribution in [2.75, 3.05) is 30.8 Å². The molecule has 2 atom stereocenters. The molecule has 0 aliphatic carbocycles. The number of nitrogens with one attached hydrogen (secondary N) is 1. The second kappa shape index (κ2) is 13.1. The van der Waals surface area contributed by atoms with E-state index in [1.807, 2.05) is 51.1 Å². The van der Waals surface area contributed by atoms with E-state index in [1.165, 1.54) is 12.0 Å². The average Bonchev–Trinajstić information content (AvgIpc) is 2.84. The van der Waals surface area contributed by atoms with Crippen LogP contribution >= 0.6 is 0 Å². The second-order valence-corrected chi connectivity index (χ2v) is 10.4. The number of carbonyl (C=O) groups excluding carboxylic acids is 2. The first-order valence-corrected chi connectivity index (χ1v) is 13.7. The molecule has 2 aromatic carbocycles. The van der Waals surface area contributed by atoms with Gasteiger partial charge in [-0.25, -0.2) is 8.42 Å². The summed E-state index contributed by atoms with van der Waals surface area (Å²) < 4.78 is 31.6. The van der Waals surface area contributed by atoms with E-state index in [0.717, 1.165) is 22.5 Å². The lowest BCUT2D eigenvalue weighted by molar-refractivity contribution is -0.139. The summed E-state index contributed by atoms with van der Waals surface area (Å²) in [5, 5.41) is 2.96. The largest absolute Gasteiger partial charge is 0.497 e. The number of nitrogens with zero attached hydrogens (tertiary/aromatic N) is 2. The van der Waals surface area contributed by atoms with Crippen molar-refractivity contribution < 1.29 is 22.7 Å². The molecule has 35 heavy (non-hydrogen) atoms. The van der Waals surface area contributed by atoms with Crippen LogP contribution in [0.1, 0.15) is 39.2 Å². The Morgan fingerprint density at radius 2 is 1.71 bits per heavy atom. The first-order chi connectivity index (χ1) is 16.6. The van der Waals surface area contributed by atoms with Crippen molar-refractivity contribution in [2.45, 2.75) is 52.1 Å². The molecule has 2 rings (SSSR count). The molecule has 0 aliphatic rings. The van der Waals surface area contributed by atoms with Gasteiger partial charge in [-0.15, -0.1) is 0 Å². The predicted octanol–water partition coefficient (Wildman–Crippen LogP) is 3.23. The number of hydrogen-bond acceptors (Lipinski definition) is 5. The van der Waals surface area contributed by atoms with Crippen molar-refractivity contribution in [1.82, 2.24) is 10.2 Å². The highest BCUT2D eigenvalue weighted by Gasteiger charge is 2.31. The minimum Gasteiger partial charge on any atom is -0.497 e. The zero-order valence-electron chi connectivity index (χ0n) is 21.2. The van der Waals surface area contributed by atoms with E-state index in [9.17, 15) is 18.0 Å². The molecule has 9 heteroatoms. The SMILES string of the molecule is CC[C@@H](C)NC(=O)[C@H](CC)N(CCc1ccccc1)C(=O)CN(c1cccc(OC)c1)S(C)(=O)=O. The third-order valence-corrected chi connectivity index (χ3v) is 7.03. The standard InChI is InChI=1S/C26H37N3O5S/c1-6-20(3)27-26(31)24(7-2)28(17-16-21-12-9-8-10-13-21)25(30)19-29(35(5,32)33)22-14-11-15-23(18-22)34-4/h8-15,18,20,24H,6-7,16-17,19H2,1-5H3,(H,27,31)/t20-,24+/m1/s1. The molecule has 8 nitrogen and oxygen atoms in total. The van der Waals surface area contributed by atoms with E-state index >= 15 is 0 Å². The number of sulfonamides is 1. The number of anilines is 1. The summed E-state index contributed by atoms with van der Waals surface area (Å²) in [6.07, 6.45) is 2.76. The number of methoxy groups -OCH3 is 1. The van der Waals surface area contributed by atoms with Gasteiger partial charge in [0.15, 0.2) is 0 Å². The molecular formula is C26H37N3O5S. The van der Waals surface area contributed by atoms with Crippen LogP contribution in [0, 0.1) is 0 Å². The van der Waals surface area contributed by atoms with Gasteiger partial charge in [-0.1, -0.05) is 50.2 Å². The predicted molar refractivity (Wildman–Crippen MR) is 139 cm³/mol. The Labute approximate surface area is 209 Å². The first-order valence-electron chi connectivity index (χ1n) is 11.9. The summed E-state index contributed by atoms with van der Waals surface area (Å²) in [5.41, 5.74) is 1.34. The Kier molecular flexibility index (Phi) is 10.6. The molecule has 0 heterocycles. The Hall–Kier alpha value is -3.07. The van der Waals surface area contributed by atoms with E-state index in [4.69, 9.17) is 4.74 Å². The van der Waals surface area contributed by atoms with Crippen LogP contribution in [0.2, 0.25) is 0 Å². The highest BCUT2D eigenvalue weighted by molar-refractivity contribution is 7.92. The molecule has 0 unspecified atom stereocenters. The molecule has 0 fully saturated rings. The average molecular weight is 504 g/mol. The Morgan fingerprint density at radius 1 is 1.03 bits per heavy atom. The smallest absolute Gasteiger partial charge is 0.244 e. The molecule has 0 bridgehead atoms. The summed E-state index contributed by atoms with van der Waals surface area (Å²) >= 11 is 0. The molecule has 0 aliphatic heterocycles. The second-order valence-electron chi connectivity index (χ2n) is 8.54. The van der Waals surface area contributed by atoms with Crippen LogP contribution in [0.15, 0.2) is 54.6 Å². The van der Waals surface area contributed by atoms with Gasteiger partial charge in [0, 0.05) is 18.7 Å². The van der Waals surface area contributed by atoms with Crippen LogP contribution in [0.3, 0.4) is 0 Å². The van der Waals surface area contributed by atoms with Crippen LogP contribution in [0.4, 0.5) is 5.69 Å². The third kappa shape index (κ3) is 8.28. The van der Waals surface area contributed by atoms with Crippen LogP contribution < -0.4 is 14.4 Å². The zero-order valence-corrected chi connectivity index (χ0v) is 22.0. The van der Waals surface area contributed by atoms with Crippen molar-refractivity contribution in [3.05, 3.63) is 60.2 Å². The normalized spacial score (nSPS) is 12.9. The maximum Gasteiger partial charge on any atom is 0.244 e. The summed E-state index contributed by atoms with van der Waals surface area (Å²) in [5.74, 6) is -0.209. The van der Waals surface area contributed by atoms with Crippen LogP contribution in [-0.4, -0.2) is 63.7 Å². The molecule has 0 spiro atoms. The first kappa shape index (κ1) is 28.2. The molecule has 2 aromatic rings. The van der Waals surface area contributed by atoms with E-state index in [1.54, 1.807) is 24.3 Å². The lowest BCUT2D eigenvalue weighted by Crippen LogP contribution is -2.54. The zero-order chi connectivity index (χ0) is 26.0. The summed E-state index contributed by atoms with van der Waals surface area (Å²) in [4.78, 5) is 28.2. The number of benzene rings is 2. The fourth-order valence-corrected chi connectivity index (χ4v) is 4.56. The number of rotatable bonds is 13. The van der Waals surface area contributed by atoms with Gasteiger partial charge in [-0.3, -0.25) is 13.9 Å². The van der Waals surface area contributed by atoms with E-state index < -0.39 is 28.5 Å². The molecule has 0 saturated carbocycles. The Balaban J connectivity index is 2.37. The fourth-order valence-electron chi connectivity index (χ4n) is 3.72. The lowest BCUT2D eigenvalue weighted by Gasteiger charge is -2.33. The topological polar surface area (TPSA) is 96.0 Å². The van der Waals surface area contributed by atoms with Crippen LogP contribution in [0.5, 0.6) is 5.75 Å². The Bertz CT molecular complexity index is 1080. The minimum atomic E-state index is -3.78. The van der Waals surface area contributed by atoms with Crippen LogP contribution in [-0.2, 0) is 26.0 Å².